The van der Waals surface area contributed by atoms with E-state index < -0.39 is 23.2 Å². The van der Waals surface area contributed by atoms with Gasteiger partial charge in [-0.2, -0.15) is 0 Å². The molecule has 2 rings (SSSR count). The van der Waals surface area contributed by atoms with Gasteiger partial charge < -0.3 is 15.8 Å². The zero-order chi connectivity index (χ0) is 14.8. The van der Waals surface area contributed by atoms with Gasteiger partial charge in [-0.1, -0.05) is 6.07 Å². The molecule has 1 aromatic rings. The number of carbonyl (C=O) groups excluding carboxylic acids is 1. The van der Waals surface area contributed by atoms with Gasteiger partial charge in [0.15, 0.2) is 0 Å². The van der Waals surface area contributed by atoms with Crippen LogP contribution in [0.4, 0.5) is 8.78 Å². The van der Waals surface area contributed by atoms with Crippen LogP contribution in [0.25, 0.3) is 0 Å². The summed E-state index contributed by atoms with van der Waals surface area (Å²) in [6.07, 6.45) is 0.515. The van der Waals surface area contributed by atoms with Crippen molar-refractivity contribution in [1.29, 1.82) is 0 Å². The minimum atomic E-state index is -1.04. The number of nitrogens with one attached hydrogen (secondary N) is 1. The minimum Gasteiger partial charge on any atom is -0.379 e. The lowest BCUT2D eigenvalue weighted by molar-refractivity contribution is -0.127. The molecule has 1 fully saturated rings. The van der Waals surface area contributed by atoms with Gasteiger partial charge in [-0.05, 0) is 31.9 Å². The summed E-state index contributed by atoms with van der Waals surface area (Å²) in [5, 5.41) is 2.69. The van der Waals surface area contributed by atoms with Crippen LogP contribution in [0.5, 0.6) is 0 Å². The molecule has 0 radical (unpaired) electrons. The van der Waals surface area contributed by atoms with Crippen LogP contribution in [0.15, 0.2) is 18.2 Å². The van der Waals surface area contributed by atoms with Gasteiger partial charge in [-0.15, -0.1) is 0 Å². The van der Waals surface area contributed by atoms with E-state index in [4.69, 9.17) is 10.5 Å². The topological polar surface area (TPSA) is 64.4 Å². The highest BCUT2D eigenvalue weighted by molar-refractivity contribution is 5.86. The summed E-state index contributed by atoms with van der Waals surface area (Å²) >= 11 is 0. The molecule has 2 unspecified atom stereocenters. The van der Waals surface area contributed by atoms with Crippen molar-refractivity contribution < 1.29 is 18.3 Å². The molecule has 4 nitrogen and oxygen atoms in total. The van der Waals surface area contributed by atoms with E-state index in [0.29, 0.717) is 13.0 Å². The van der Waals surface area contributed by atoms with Gasteiger partial charge >= 0.3 is 0 Å². The van der Waals surface area contributed by atoms with Crippen molar-refractivity contribution in [3.8, 4) is 0 Å². The largest absolute Gasteiger partial charge is 0.379 e. The molecule has 3 N–H and O–H groups in total. The number of rotatable bonds is 4. The number of hydrogen-bond donors (Lipinski definition) is 2. The van der Waals surface area contributed by atoms with Crippen molar-refractivity contribution in [3.63, 3.8) is 0 Å². The molecule has 1 amide bonds. The Morgan fingerprint density at radius 1 is 1.50 bits per heavy atom. The lowest BCUT2D eigenvalue weighted by atomic mass is 9.98. The van der Waals surface area contributed by atoms with Crippen LogP contribution in [0.2, 0.25) is 0 Å². The summed E-state index contributed by atoms with van der Waals surface area (Å²) in [6, 6.07) is 3.28. The van der Waals surface area contributed by atoms with Crippen LogP contribution in [-0.2, 0) is 16.0 Å². The number of ether oxygens (including phenoxy) is 1. The summed E-state index contributed by atoms with van der Waals surface area (Å²) in [5.74, 6) is -1.57. The first-order chi connectivity index (χ1) is 9.42. The maximum absolute atomic E-state index is 13.5. The summed E-state index contributed by atoms with van der Waals surface area (Å²) < 4.78 is 32.2. The van der Waals surface area contributed by atoms with Gasteiger partial charge in [0.05, 0.1) is 6.61 Å². The molecule has 1 aliphatic rings. The smallest absolute Gasteiger partial charge is 0.242 e. The van der Waals surface area contributed by atoms with Crippen LogP contribution in [0, 0.1) is 11.6 Å². The van der Waals surface area contributed by atoms with Crippen molar-refractivity contribution in [2.24, 2.45) is 5.73 Å². The first-order valence-electron chi connectivity index (χ1n) is 6.53. The average Bonchev–Trinajstić information content (AvgIpc) is 2.82. The standard InChI is InChI=1S/C14H18F2N2O2/c1-9(7-10-11(15)3-2-4-12(10)16)18-13(19)14(17)5-6-20-8-14/h2-4,9H,5-8,17H2,1H3,(H,18,19). The maximum atomic E-state index is 13.5. The maximum Gasteiger partial charge on any atom is 0.242 e. The Kier molecular flexibility index (Phi) is 4.35. The van der Waals surface area contributed by atoms with E-state index in [-0.39, 0.29) is 24.5 Å². The fourth-order valence-electron chi connectivity index (χ4n) is 2.21. The molecule has 20 heavy (non-hydrogen) atoms. The van der Waals surface area contributed by atoms with Crippen molar-refractivity contribution in [2.75, 3.05) is 13.2 Å². The zero-order valence-electron chi connectivity index (χ0n) is 11.3. The van der Waals surface area contributed by atoms with E-state index in [2.05, 4.69) is 5.32 Å². The Morgan fingerprint density at radius 3 is 2.70 bits per heavy atom. The Bertz CT molecular complexity index is 482. The third-order valence-electron chi connectivity index (χ3n) is 3.45. The quantitative estimate of drug-likeness (QED) is 0.871. The van der Waals surface area contributed by atoms with Crippen molar-refractivity contribution in [2.45, 2.75) is 31.3 Å². The first kappa shape index (κ1) is 14.9. The summed E-state index contributed by atoms with van der Waals surface area (Å²) in [6.45, 7) is 2.29. The van der Waals surface area contributed by atoms with Gasteiger partial charge in [-0.3, -0.25) is 4.79 Å². The molecule has 6 heteroatoms. The van der Waals surface area contributed by atoms with Crippen LogP contribution in [0.1, 0.15) is 18.9 Å². The molecular weight excluding hydrogens is 266 g/mol. The first-order valence-corrected chi connectivity index (χ1v) is 6.53. The number of benzene rings is 1. The fraction of sp³-hybridized carbons (Fsp3) is 0.500. The van der Waals surface area contributed by atoms with E-state index in [1.165, 1.54) is 18.2 Å². The normalized spacial score (nSPS) is 23.6. The second kappa shape index (κ2) is 5.85. The zero-order valence-corrected chi connectivity index (χ0v) is 11.3. The highest BCUT2D eigenvalue weighted by Crippen LogP contribution is 2.17. The van der Waals surface area contributed by atoms with Gasteiger partial charge in [0, 0.05) is 18.2 Å². The van der Waals surface area contributed by atoms with Crippen molar-refractivity contribution in [1.82, 2.24) is 5.32 Å². The predicted octanol–water partition coefficient (Wildman–Crippen LogP) is 1.13. The Hall–Kier alpha value is -1.53. The number of amides is 1. The van der Waals surface area contributed by atoms with Crippen molar-refractivity contribution >= 4 is 5.91 Å². The van der Waals surface area contributed by atoms with Gasteiger partial charge in [-0.25, -0.2) is 8.78 Å². The Labute approximate surface area is 116 Å². The molecule has 0 aromatic heterocycles. The van der Waals surface area contributed by atoms with Crippen LogP contribution < -0.4 is 11.1 Å². The van der Waals surface area contributed by atoms with Crippen LogP contribution in [0.3, 0.4) is 0 Å². The van der Waals surface area contributed by atoms with Crippen molar-refractivity contribution in [3.05, 3.63) is 35.4 Å². The second-order valence-corrected chi connectivity index (χ2v) is 5.24. The van der Waals surface area contributed by atoms with E-state index in [0.717, 1.165) is 0 Å². The van der Waals surface area contributed by atoms with E-state index in [1.807, 2.05) is 0 Å². The molecule has 110 valence electrons. The monoisotopic (exact) mass is 284 g/mol. The van der Waals surface area contributed by atoms with E-state index in [9.17, 15) is 13.6 Å². The van der Waals surface area contributed by atoms with Gasteiger partial charge in [0.25, 0.3) is 0 Å². The molecule has 0 bridgehead atoms. The molecular formula is C14H18F2N2O2. The number of nitrogens with two attached hydrogens (primary N) is 1. The summed E-state index contributed by atoms with van der Waals surface area (Å²) in [7, 11) is 0. The predicted molar refractivity (Wildman–Crippen MR) is 70.0 cm³/mol. The van der Waals surface area contributed by atoms with Gasteiger partial charge in [0.2, 0.25) is 5.91 Å². The number of carbonyl (C=O) groups is 1. The second-order valence-electron chi connectivity index (χ2n) is 5.24. The lowest BCUT2D eigenvalue weighted by Gasteiger charge is -2.24. The summed E-state index contributed by atoms with van der Waals surface area (Å²) in [4.78, 5) is 12.0. The van der Waals surface area contributed by atoms with Gasteiger partial charge in [0.1, 0.15) is 17.2 Å². The average molecular weight is 284 g/mol. The SMILES string of the molecule is CC(Cc1c(F)cccc1F)NC(=O)C1(N)CCOC1. The van der Waals surface area contributed by atoms with E-state index in [1.54, 1.807) is 6.92 Å². The number of hydrogen-bond acceptors (Lipinski definition) is 3. The Morgan fingerprint density at radius 2 is 2.15 bits per heavy atom. The summed E-state index contributed by atoms with van der Waals surface area (Å²) in [5.41, 5.74) is 4.85. The lowest BCUT2D eigenvalue weighted by Crippen LogP contribution is -2.56. The molecule has 0 saturated carbocycles. The van der Waals surface area contributed by atoms with Crippen LogP contribution >= 0.6 is 0 Å². The fourth-order valence-corrected chi connectivity index (χ4v) is 2.21. The minimum absolute atomic E-state index is 0.0333. The molecule has 1 heterocycles. The highest BCUT2D eigenvalue weighted by Gasteiger charge is 2.38. The molecule has 1 saturated heterocycles. The molecule has 0 spiro atoms. The molecule has 1 aromatic carbocycles. The molecule has 0 aliphatic carbocycles. The Balaban J connectivity index is 1.99. The highest BCUT2D eigenvalue weighted by atomic mass is 19.1. The number of halogens is 2. The molecule has 2 atom stereocenters. The molecule has 1 aliphatic heterocycles. The third-order valence-corrected chi connectivity index (χ3v) is 3.45. The third kappa shape index (κ3) is 3.13. The van der Waals surface area contributed by atoms with Crippen LogP contribution in [-0.4, -0.2) is 30.7 Å². The van der Waals surface area contributed by atoms with E-state index >= 15 is 0 Å².